The van der Waals surface area contributed by atoms with Crippen molar-refractivity contribution in [3.05, 3.63) is 110 Å². The molecule has 3 aromatic carbocycles. The molecule has 5 nitrogen and oxygen atoms in total. The number of amides is 1. The molecular weight excluding hydrogens is 478 g/mol. The van der Waals surface area contributed by atoms with Gasteiger partial charge in [0.15, 0.2) is 0 Å². The van der Waals surface area contributed by atoms with Crippen molar-refractivity contribution in [2.24, 2.45) is 0 Å². The van der Waals surface area contributed by atoms with E-state index in [1.807, 2.05) is 36.4 Å². The zero-order valence-corrected chi connectivity index (χ0v) is 18.8. The number of hydrogen-bond donors (Lipinski definition) is 1. The molecule has 1 heterocycles. The van der Waals surface area contributed by atoms with Gasteiger partial charge in [-0.3, -0.25) is 9.59 Å². The quantitative estimate of drug-likeness (QED) is 0.385. The highest BCUT2D eigenvalue weighted by Crippen LogP contribution is 2.32. The molecule has 0 radical (unpaired) electrons. The van der Waals surface area contributed by atoms with Gasteiger partial charge >= 0.3 is 0 Å². The van der Waals surface area contributed by atoms with Crippen molar-refractivity contribution in [3.63, 3.8) is 0 Å². The van der Waals surface area contributed by atoms with Crippen molar-refractivity contribution in [2.45, 2.75) is 6.92 Å². The number of carbonyl (C=O) groups is 1. The summed E-state index contributed by atoms with van der Waals surface area (Å²) in [5, 5.41) is 7.76. The minimum atomic E-state index is -0.371. The second-order valence-electron chi connectivity index (χ2n) is 6.83. The molecule has 1 amide bonds. The molecule has 0 atom stereocenters. The van der Waals surface area contributed by atoms with E-state index in [2.05, 4.69) is 26.3 Å². The van der Waals surface area contributed by atoms with Crippen molar-refractivity contribution in [2.75, 3.05) is 5.32 Å². The van der Waals surface area contributed by atoms with E-state index in [4.69, 9.17) is 11.6 Å². The maximum Gasteiger partial charge on any atom is 0.256 e. The third-order valence-electron chi connectivity index (χ3n) is 4.72. The highest BCUT2D eigenvalue weighted by Gasteiger charge is 2.22. The van der Waals surface area contributed by atoms with Crippen LogP contribution in [0.1, 0.15) is 16.1 Å². The Morgan fingerprint density at radius 2 is 1.71 bits per heavy atom. The van der Waals surface area contributed by atoms with Crippen molar-refractivity contribution >= 4 is 39.3 Å². The SMILES string of the molecule is Cc1nn(-c2ccccc2)c(NC(=O)c2cccc(Br)c2)c(-c2ccccc2Cl)c1=O. The summed E-state index contributed by atoms with van der Waals surface area (Å²) < 4.78 is 2.33. The first-order chi connectivity index (χ1) is 15.0. The first-order valence-electron chi connectivity index (χ1n) is 9.47. The fraction of sp³-hybridized carbons (Fsp3) is 0.0417. The maximum atomic E-state index is 13.2. The second kappa shape index (κ2) is 8.88. The minimum absolute atomic E-state index is 0.250. The molecule has 4 aromatic rings. The lowest BCUT2D eigenvalue weighted by Crippen LogP contribution is -2.25. The lowest BCUT2D eigenvalue weighted by Gasteiger charge is -2.19. The summed E-state index contributed by atoms with van der Waals surface area (Å²) >= 11 is 9.82. The Morgan fingerprint density at radius 3 is 2.42 bits per heavy atom. The van der Waals surface area contributed by atoms with Gasteiger partial charge in [0, 0.05) is 20.6 Å². The standard InChI is InChI=1S/C24H17BrClN3O2/c1-15-22(30)21(19-12-5-6-13-20(19)26)23(29(28-15)18-10-3-2-4-11-18)27-24(31)16-8-7-9-17(25)14-16/h2-14H,1H3,(H,27,31). The smallest absolute Gasteiger partial charge is 0.256 e. The monoisotopic (exact) mass is 493 g/mol. The van der Waals surface area contributed by atoms with Crippen LogP contribution in [0.5, 0.6) is 0 Å². The molecule has 0 aliphatic carbocycles. The van der Waals surface area contributed by atoms with Gasteiger partial charge in [0.1, 0.15) is 11.5 Å². The molecule has 7 heteroatoms. The van der Waals surface area contributed by atoms with Gasteiger partial charge in [-0.05, 0) is 43.3 Å². The molecular formula is C24H17BrClN3O2. The Bertz CT molecular complexity index is 1340. The topological polar surface area (TPSA) is 64.0 Å². The molecule has 0 aliphatic rings. The normalized spacial score (nSPS) is 10.7. The number of para-hydroxylation sites is 1. The van der Waals surface area contributed by atoms with Gasteiger partial charge in [-0.2, -0.15) is 5.10 Å². The predicted molar refractivity (Wildman–Crippen MR) is 127 cm³/mol. The summed E-state index contributed by atoms with van der Waals surface area (Å²) in [5.74, 6) is -0.121. The summed E-state index contributed by atoms with van der Waals surface area (Å²) in [6.45, 7) is 1.64. The Balaban J connectivity index is 1.98. The van der Waals surface area contributed by atoms with Crippen LogP contribution in [-0.2, 0) is 0 Å². The molecule has 0 bridgehead atoms. The highest BCUT2D eigenvalue weighted by atomic mass is 79.9. The summed E-state index contributed by atoms with van der Waals surface area (Å²) in [6.07, 6.45) is 0. The zero-order valence-electron chi connectivity index (χ0n) is 16.5. The molecule has 0 fully saturated rings. The van der Waals surface area contributed by atoms with Gasteiger partial charge in [-0.15, -0.1) is 0 Å². The summed E-state index contributed by atoms with van der Waals surface area (Å²) in [7, 11) is 0. The van der Waals surface area contributed by atoms with Crippen LogP contribution in [0.25, 0.3) is 16.8 Å². The third kappa shape index (κ3) is 4.31. The summed E-state index contributed by atoms with van der Waals surface area (Å²) in [4.78, 5) is 26.3. The molecule has 0 unspecified atom stereocenters. The zero-order chi connectivity index (χ0) is 22.0. The molecule has 1 N–H and O–H groups in total. The Morgan fingerprint density at radius 1 is 1.00 bits per heavy atom. The van der Waals surface area contributed by atoms with E-state index in [-0.39, 0.29) is 22.7 Å². The number of anilines is 1. The first-order valence-corrected chi connectivity index (χ1v) is 10.6. The number of halogens is 2. The van der Waals surface area contributed by atoms with Gasteiger partial charge in [0.05, 0.1) is 11.3 Å². The molecule has 4 rings (SSSR count). The van der Waals surface area contributed by atoms with Crippen LogP contribution in [-0.4, -0.2) is 15.7 Å². The van der Waals surface area contributed by atoms with Crippen molar-refractivity contribution in [1.29, 1.82) is 0 Å². The van der Waals surface area contributed by atoms with E-state index >= 15 is 0 Å². The maximum absolute atomic E-state index is 13.2. The van der Waals surface area contributed by atoms with E-state index in [1.54, 1.807) is 54.1 Å². The predicted octanol–water partition coefficient (Wildman–Crippen LogP) is 5.88. The number of aryl methyl sites for hydroxylation is 1. The molecule has 31 heavy (non-hydrogen) atoms. The first kappa shape index (κ1) is 21.0. The van der Waals surface area contributed by atoms with E-state index in [0.29, 0.717) is 27.5 Å². The molecule has 154 valence electrons. The highest BCUT2D eigenvalue weighted by molar-refractivity contribution is 9.10. The number of aromatic nitrogens is 2. The van der Waals surface area contributed by atoms with Crippen LogP contribution in [0.4, 0.5) is 5.82 Å². The fourth-order valence-corrected chi connectivity index (χ4v) is 3.86. The Labute approximate surface area is 192 Å². The number of benzene rings is 3. The number of hydrogen-bond acceptors (Lipinski definition) is 3. The van der Waals surface area contributed by atoms with Gasteiger partial charge in [-0.1, -0.05) is 70.0 Å². The number of nitrogens with zero attached hydrogens (tertiary/aromatic N) is 2. The third-order valence-corrected chi connectivity index (χ3v) is 5.54. The molecule has 0 saturated carbocycles. The average molecular weight is 495 g/mol. The van der Waals surface area contributed by atoms with E-state index in [1.165, 1.54) is 0 Å². The van der Waals surface area contributed by atoms with Crippen LogP contribution in [0.15, 0.2) is 88.1 Å². The van der Waals surface area contributed by atoms with Crippen LogP contribution in [0.3, 0.4) is 0 Å². The van der Waals surface area contributed by atoms with Crippen LogP contribution >= 0.6 is 27.5 Å². The number of nitrogens with one attached hydrogen (secondary N) is 1. The molecule has 0 saturated heterocycles. The number of carbonyl (C=O) groups excluding carboxylic acids is 1. The molecule has 1 aromatic heterocycles. The van der Waals surface area contributed by atoms with Crippen molar-refractivity contribution < 1.29 is 4.79 Å². The van der Waals surface area contributed by atoms with Crippen LogP contribution in [0.2, 0.25) is 5.02 Å². The van der Waals surface area contributed by atoms with Crippen molar-refractivity contribution in [3.8, 4) is 16.8 Å². The Hall–Kier alpha value is -3.22. The summed E-state index contributed by atoms with van der Waals surface area (Å²) in [5.41, 5.74) is 1.93. The van der Waals surface area contributed by atoms with Gasteiger partial charge in [0.25, 0.3) is 5.91 Å². The van der Waals surface area contributed by atoms with E-state index in [0.717, 1.165) is 4.47 Å². The largest absolute Gasteiger partial charge is 0.306 e. The van der Waals surface area contributed by atoms with Gasteiger partial charge < -0.3 is 5.32 Å². The second-order valence-corrected chi connectivity index (χ2v) is 8.15. The van der Waals surface area contributed by atoms with E-state index < -0.39 is 0 Å². The minimum Gasteiger partial charge on any atom is -0.306 e. The van der Waals surface area contributed by atoms with E-state index in [9.17, 15) is 9.59 Å². The fourth-order valence-electron chi connectivity index (χ4n) is 3.23. The Kier molecular flexibility index (Phi) is 6.02. The van der Waals surface area contributed by atoms with Gasteiger partial charge in [0.2, 0.25) is 5.43 Å². The molecule has 0 aliphatic heterocycles. The lowest BCUT2D eigenvalue weighted by atomic mass is 10.0. The average Bonchev–Trinajstić information content (AvgIpc) is 2.78. The van der Waals surface area contributed by atoms with Crippen molar-refractivity contribution in [1.82, 2.24) is 9.78 Å². The van der Waals surface area contributed by atoms with Gasteiger partial charge in [-0.25, -0.2) is 4.68 Å². The lowest BCUT2D eigenvalue weighted by molar-refractivity contribution is 0.102. The number of rotatable bonds is 4. The molecule has 0 spiro atoms. The van der Waals surface area contributed by atoms with Crippen LogP contribution < -0.4 is 10.7 Å². The summed E-state index contributed by atoms with van der Waals surface area (Å²) in [6, 6.07) is 23.3. The van der Waals surface area contributed by atoms with Crippen LogP contribution in [0, 0.1) is 6.92 Å².